The average Bonchev–Trinajstić information content (AvgIpc) is 2.89. The number of benzene rings is 3. The molecule has 4 rings (SSSR count). The summed E-state index contributed by atoms with van der Waals surface area (Å²) < 4.78 is 27.9. The first kappa shape index (κ1) is 23.8. The van der Waals surface area contributed by atoms with Crippen molar-refractivity contribution in [2.24, 2.45) is 0 Å². The number of amides is 1. The second-order valence-corrected chi connectivity index (χ2v) is 10.5. The molecule has 1 aliphatic heterocycles. The Labute approximate surface area is 202 Å². The molecule has 178 valence electrons. The maximum Gasteiger partial charge on any atom is 0.264 e. The monoisotopic (exact) mass is 477 g/mol. The van der Waals surface area contributed by atoms with Crippen LogP contribution in [0.5, 0.6) is 0 Å². The third-order valence-corrected chi connectivity index (χ3v) is 7.94. The molecule has 3 aromatic rings. The van der Waals surface area contributed by atoms with Crippen molar-refractivity contribution < 1.29 is 13.2 Å². The molecule has 1 amide bonds. The van der Waals surface area contributed by atoms with Gasteiger partial charge in [0, 0.05) is 18.8 Å². The van der Waals surface area contributed by atoms with E-state index in [2.05, 4.69) is 22.3 Å². The Kier molecular flexibility index (Phi) is 7.53. The van der Waals surface area contributed by atoms with Crippen LogP contribution in [0, 0.1) is 0 Å². The van der Waals surface area contributed by atoms with Gasteiger partial charge in [0.25, 0.3) is 10.0 Å². The van der Waals surface area contributed by atoms with E-state index in [1.165, 1.54) is 37.1 Å². The Hall–Kier alpha value is -3.32. The minimum atomic E-state index is -3.90. The van der Waals surface area contributed by atoms with Crippen molar-refractivity contribution in [3.8, 4) is 0 Å². The van der Waals surface area contributed by atoms with Crippen LogP contribution in [0.2, 0.25) is 0 Å². The number of nitrogens with zero attached hydrogens (tertiary/aromatic N) is 2. The number of anilines is 2. The van der Waals surface area contributed by atoms with E-state index in [1.54, 1.807) is 42.5 Å². The first-order valence-electron chi connectivity index (χ1n) is 11.7. The number of para-hydroxylation sites is 1. The Morgan fingerprint density at radius 2 is 1.47 bits per heavy atom. The highest BCUT2D eigenvalue weighted by Gasteiger charge is 2.27. The quantitative estimate of drug-likeness (QED) is 0.508. The van der Waals surface area contributed by atoms with Gasteiger partial charge in [0.2, 0.25) is 5.91 Å². The Bertz CT molecular complexity index is 1180. The topological polar surface area (TPSA) is 69.7 Å². The molecular weight excluding hydrogens is 446 g/mol. The molecule has 1 fully saturated rings. The van der Waals surface area contributed by atoms with Crippen LogP contribution in [0.3, 0.4) is 0 Å². The van der Waals surface area contributed by atoms with Gasteiger partial charge in [-0.1, -0.05) is 48.5 Å². The molecule has 6 nitrogen and oxygen atoms in total. The smallest absolute Gasteiger partial charge is 0.264 e. The van der Waals surface area contributed by atoms with Crippen LogP contribution in [0.25, 0.3) is 0 Å². The lowest BCUT2D eigenvalue weighted by Gasteiger charge is -2.29. The van der Waals surface area contributed by atoms with E-state index in [4.69, 9.17) is 0 Å². The van der Waals surface area contributed by atoms with Gasteiger partial charge >= 0.3 is 0 Å². The van der Waals surface area contributed by atoms with Gasteiger partial charge in [-0.05, 0) is 68.1 Å². The van der Waals surface area contributed by atoms with Crippen molar-refractivity contribution in [3.63, 3.8) is 0 Å². The lowest BCUT2D eigenvalue weighted by atomic mass is 10.1. The molecule has 0 spiro atoms. The van der Waals surface area contributed by atoms with Crippen LogP contribution in [0.4, 0.5) is 11.4 Å². The maximum atomic E-state index is 13.4. The number of carbonyl (C=O) groups is 1. The SMILES string of the molecule is CC(NC(=O)CN(c1ccccc1)S(=O)(=O)c1ccccc1)c1ccc(N2CCCCC2)cc1. The molecule has 0 aromatic heterocycles. The minimum Gasteiger partial charge on any atom is -0.372 e. The van der Waals surface area contributed by atoms with E-state index in [0.717, 1.165) is 23.0 Å². The molecule has 1 unspecified atom stereocenters. The first-order chi connectivity index (χ1) is 16.4. The van der Waals surface area contributed by atoms with Gasteiger partial charge in [-0.2, -0.15) is 0 Å². The van der Waals surface area contributed by atoms with Crippen LogP contribution >= 0.6 is 0 Å². The van der Waals surface area contributed by atoms with E-state index in [1.807, 2.05) is 25.1 Å². The summed E-state index contributed by atoms with van der Waals surface area (Å²) in [5.74, 6) is -0.365. The molecule has 3 aromatic carbocycles. The summed E-state index contributed by atoms with van der Waals surface area (Å²) in [4.78, 5) is 15.5. The zero-order chi connectivity index (χ0) is 24.0. The van der Waals surface area contributed by atoms with Gasteiger partial charge in [-0.3, -0.25) is 9.10 Å². The predicted molar refractivity (Wildman–Crippen MR) is 136 cm³/mol. The van der Waals surface area contributed by atoms with Gasteiger partial charge < -0.3 is 10.2 Å². The molecule has 1 aliphatic rings. The molecule has 0 radical (unpaired) electrons. The fourth-order valence-electron chi connectivity index (χ4n) is 4.26. The maximum absolute atomic E-state index is 13.4. The Morgan fingerprint density at radius 1 is 0.882 bits per heavy atom. The lowest BCUT2D eigenvalue weighted by Crippen LogP contribution is -2.41. The highest BCUT2D eigenvalue weighted by Crippen LogP contribution is 2.25. The molecule has 1 saturated heterocycles. The van der Waals surface area contributed by atoms with Gasteiger partial charge in [0.1, 0.15) is 6.54 Å². The number of nitrogens with one attached hydrogen (secondary N) is 1. The number of hydrogen-bond donors (Lipinski definition) is 1. The summed E-state index contributed by atoms with van der Waals surface area (Å²) >= 11 is 0. The summed E-state index contributed by atoms with van der Waals surface area (Å²) in [6.07, 6.45) is 3.73. The zero-order valence-electron chi connectivity index (χ0n) is 19.4. The van der Waals surface area contributed by atoms with Gasteiger partial charge in [-0.15, -0.1) is 0 Å². The van der Waals surface area contributed by atoms with Crippen LogP contribution in [-0.4, -0.2) is 34.0 Å². The molecule has 7 heteroatoms. The third kappa shape index (κ3) is 5.59. The molecule has 34 heavy (non-hydrogen) atoms. The molecular formula is C27H31N3O3S. The summed E-state index contributed by atoms with van der Waals surface area (Å²) in [6.45, 7) is 3.76. The summed E-state index contributed by atoms with van der Waals surface area (Å²) in [7, 11) is -3.90. The lowest BCUT2D eigenvalue weighted by molar-refractivity contribution is -0.120. The average molecular weight is 478 g/mol. The van der Waals surface area contributed by atoms with Crippen LogP contribution in [0.1, 0.15) is 37.8 Å². The van der Waals surface area contributed by atoms with E-state index in [9.17, 15) is 13.2 Å². The highest BCUT2D eigenvalue weighted by molar-refractivity contribution is 7.92. The van der Waals surface area contributed by atoms with Crippen molar-refractivity contribution in [2.75, 3.05) is 28.8 Å². The molecule has 1 N–H and O–H groups in total. The highest BCUT2D eigenvalue weighted by atomic mass is 32.2. The molecule has 0 aliphatic carbocycles. The number of sulfonamides is 1. The molecule has 1 atom stereocenters. The van der Waals surface area contributed by atoms with Crippen LogP contribution in [0.15, 0.2) is 89.8 Å². The largest absolute Gasteiger partial charge is 0.372 e. The first-order valence-corrected chi connectivity index (χ1v) is 13.2. The van der Waals surface area contributed by atoms with Gasteiger partial charge in [-0.25, -0.2) is 8.42 Å². The second-order valence-electron chi connectivity index (χ2n) is 8.59. The minimum absolute atomic E-state index is 0.146. The second kappa shape index (κ2) is 10.7. The third-order valence-electron chi connectivity index (χ3n) is 6.15. The van der Waals surface area contributed by atoms with Crippen molar-refractivity contribution in [2.45, 2.75) is 37.1 Å². The number of piperidine rings is 1. The summed E-state index contributed by atoms with van der Waals surface area (Å²) in [5, 5.41) is 2.96. The van der Waals surface area contributed by atoms with Crippen molar-refractivity contribution in [1.29, 1.82) is 0 Å². The van der Waals surface area contributed by atoms with Gasteiger partial charge in [0.05, 0.1) is 16.6 Å². The fourth-order valence-corrected chi connectivity index (χ4v) is 5.70. The molecule has 1 heterocycles. The zero-order valence-corrected chi connectivity index (χ0v) is 20.2. The van der Waals surface area contributed by atoms with E-state index >= 15 is 0 Å². The Morgan fingerprint density at radius 3 is 2.09 bits per heavy atom. The number of hydrogen-bond acceptors (Lipinski definition) is 4. The van der Waals surface area contributed by atoms with E-state index in [0.29, 0.717) is 5.69 Å². The van der Waals surface area contributed by atoms with Crippen molar-refractivity contribution in [3.05, 3.63) is 90.5 Å². The van der Waals surface area contributed by atoms with E-state index < -0.39 is 10.0 Å². The summed E-state index contributed by atoms with van der Waals surface area (Å²) in [6, 6.07) is 24.9. The van der Waals surface area contributed by atoms with Crippen molar-refractivity contribution >= 4 is 27.3 Å². The molecule has 0 bridgehead atoms. The van der Waals surface area contributed by atoms with Crippen LogP contribution in [-0.2, 0) is 14.8 Å². The van der Waals surface area contributed by atoms with Crippen molar-refractivity contribution in [1.82, 2.24) is 5.32 Å². The standard InChI is InChI=1S/C27H31N3O3S/c1-22(23-15-17-24(18-16-23)29-19-9-4-10-20-29)28-27(31)21-30(25-11-5-2-6-12-25)34(32,33)26-13-7-3-8-14-26/h2-3,5-8,11-18,22H,4,9-10,19-21H2,1H3,(H,28,31). The number of rotatable bonds is 8. The molecule has 0 saturated carbocycles. The van der Waals surface area contributed by atoms with Gasteiger partial charge in [0.15, 0.2) is 0 Å². The van der Waals surface area contributed by atoms with E-state index in [-0.39, 0.29) is 23.4 Å². The fraction of sp³-hybridized carbons (Fsp3) is 0.296. The summed E-state index contributed by atoms with van der Waals surface area (Å²) in [5.41, 5.74) is 2.62. The number of carbonyl (C=O) groups excluding carboxylic acids is 1. The van der Waals surface area contributed by atoms with Crippen LogP contribution < -0.4 is 14.5 Å². The predicted octanol–water partition coefficient (Wildman–Crippen LogP) is 4.75. The normalized spacial score (nSPS) is 14.9. The Balaban J connectivity index is 1.47.